The van der Waals surface area contributed by atoms with Gasteiger partial charge in [-0.05, 0) is 62.7 Å². The fourth-order valence-electron chi connectivity index (χ4n) is 4.09. The normalized spacial score (nSPS) is 11.9. The Morgan fingerprint density at radius 3 is 2.71 bits per heavy atom. The molecule has 0 fully saturated rings. The summed E-state index contributed by atoms with van der Waals surface area (Å²) in [5.74, 6) is -1.03. The standard InChI is InChI=1S/C25H25ClFN9O2/c1-5-36-32-23(30-33-36)16-9-21(19(26)10-20(16)27)29-24(37)17-11-28-35-7-6-15(8-22(17)35)18-12-34(31-14(18)2)13-25(3,4)38/h6-12,38H,5,13H2,1-4H3,(H,29,37). The molecule has 0 unspecified atom stereocenters. The quantitative estimate of drug-likeness (QED) is 0.321. The van der Waals surface area contributed by atoms with Gasteiger partial charge in [-0.1, -0.05) is 11.6 Å². The molecule has 0 radical (unpaired) electrons. The predicted octanol–water partition coefficient (Wildman–Crippen LogP) is 4.00. The molecular formula is C25H25ClFN9O2. The van der Waals surface area contributed by atoms with Gasteiger partial charge >= 0.3 is 0 Å². The third-order valence-electron chi connectivity index (χ3n) is 5.85. The van der Waals surface area contributed by atoms with E-state index < -0.39 is 17.3 Å². The van der Waals surface area contributed by atoms with Gasteiger partial charge in [0.1, 0.15) is 5.82 Å². The Kier molecular flexibility index (Phi) is 6.45. The van der Waals surface area contributed by atoms with Crippen LogP contribution in [0.5, 0.6) is 0 Å². The number of benzene rings is 1. The molecule has 0 atom stereocenters. The minimum absolute atomic E-state index is 0.0227. The fourth-order valence-corrected chi connectivity index (χ4v) is 4.29. The number of aromatic nitrogens is 8. The van der Waals surface area contributed by atoms with Crippen molar-refractivity contribution in [1.29, 1.82) is 0 Å². The van der Waals surface area contributed by atoms with Gasteiger partial charge in [-0.3, -0.25) is 9.48 Å². The Hall–Kier alpha value is -4.16. The highest BCUT2D eigenvalue weighted by Gasteiger charge is 2.20. The van der Waals surface area contributed by atoms with E-state index in [0.29, 0.717) is 24.2 Å². The van der Waals surface area contributed by atoms with Crippen LogP contribution in [0.4, 0.5) is 10.1 Å². The molecule has 1 amide bonds. The van der Waals surface area contributed by atoms with Gasteiger partial charge in [-0.25, -0.2) is 8.91 Å². The second kappa shape index (κ2) is 9.62. The van der Waals surface area contributed by atoms with Crippen molar-refractivity contribution in [1.82, 2.24) is 39.6 Å². The smallest absolute Gasteiger partial charge is 0.259 e. The lowest BCUT2D eigenvalue weighted by atomic mass is 10.1. The molecule has 38 heavy (non-hydrogen) atoms. The molecule has 4 aromatic heterocycles. The number of amides is 1. The van der Waals surface area contributed by atoms with Gasteiger partial charge in [0, 0.05) is 18.0 Å². The molecule has 0 saturated carbocycles. The predicted molar refractivity (Wildman–Crippen MR) is 139 cm³/mol. The van der Waals surface area contributed by atoms with E-state index in [1.165, 1.54) is 17.1 Å². The molecule has 0 aliphatic heterocycles. The van der Waals surface area contributed by atoms with E-state index in [-0.39, 0.29) is 22.1 Å². The number of hydrogen-bond acceptors (Lipinski definition) is 7. The summed E-state index contributed by atoms with van der Waals surface area (Å²) in [6, 6.07) is 6.19. The maximum Gasteiger partial charge on any atom is 0.259 e. The minimum atomic E-state index is -0.916. The number of nitrogens with zero attached hydrogens (tertiary/aromatic N) is 8. The first-order valence-corrected chi connectivity index (χ1v) is 12.2. The minimum Gasteiger partial charge on any atom is -0.389 e. The number of rotatable bonds is 7. The zero-order valence-corrected chi connectivity index (χ0v) is 21.9. The van der Waals surface area contributed by atoms with Gasteiger partial charge in [0.05, 0.1) is 57.9 Å². The van der Waals surface area contributed by atoms with Gasteiger partial charge < -0.3 is 10.4 Å². The summed E-state index contributed by atoms with van der Waals surface area (Å²) in [7, 11) is 0. The molecule has 0 aliphatic rings. The van der Waals surface area contributed by atoms with Crippen molar-refractivity contribution >= 4 is 28.7 Å². The van der Waals surface area contributed by atoms with Crippen LogP contribution in [0.3, 0.4) is 0 Å². The molecule has 0 spiro atoms. The van der Waals surface area contributed by atoms with E-state index >= 15 is 0 Å². The number of fused-ring (bicyclic) bond motifs is 1. The Morgan fingerprint density at radius 2 is 2.00 bits per heavy atom. The molecule has 11 nitrogen and oxygen atoms in total. The van der Waals surface area contributed by atoms with E-state index in [1.54, 1.807) is 29.2 Å². The second-order valence-corrected chi connectivity index (χ2v) is 9.92. The van der Waals surface area contributed by atoms with Crippen LogP contribution in [0.2, 0.25) is 5.02 Å². The SMILES string of the molecule is CCn1nnc(-c2cc(NC(=O)c3cnn4ccc(-c5cn(CC(C)(C)O)nc5C)cc34)c(Cl)cc2F)n1. The van der Waals surface area contributed by atoms with E-state index in [9.17, 15) is 14.3 Å². The molecule has 196 valence electrons. The topological polar surface area (TPSA) is 128 Å². The molecule has 2 N–H and O–H groups in total. The molecule has 0 aliphatic carbocycles. The Balaban J connectivity index is 1.46. The van der Waals surface area contributed by atoms with Crippen LogP contribution >= 0.6 is 11.6 Å². The van der Waals surface area contributed by atoms with Gasteiger partial charge in [-0.2, -0.15) is 15.0 Å². The number of halogens is 2. The fraction of sp³-hybridized carbons (Fsp3) is 0.280. The number of carbonyl (C=O) groups excluding carboxylic acids is 1. The van der Waals surface area contributed by atoms with Crippen LogP contribution in [-0.4, -0.2) is 56.2 Å². The molecule has 5 rings (SSSR count). The number of pyridine rings is 1. The van der Waals surface area contributed by atoms with Crippen molar-refractivity contribution in [3.8, 4) is 22.5 Å². The first kappa shape index (κ1) is 25.5. The largest absolute Gasteiger partial charge is 0.389 e. The second-order valence-electron chi connectivity index (χ2n) is 9.51. The molecular weight excluding hydrogens is 513 g/mol. The van der Waals surface area contributed by atoms with Crippen molar-refractivity contribution in [2.75, 3.05) is 5.32 Å². The summed E-state index contributed by atoms with van der Waals surface area (Å²) in [5.41, 5.74) is 2.67. The first-order chi connectivity index (χ1) is 18.0. The summed E-state index contributed by atoms with van der Waals surface area (Å²) in [6.45, 7) is 7.96. The lowest BCUT2D eigenvalue weighted by Crippen LogP contribution is -2.26. The summed E-state index contributed by atoms with van der Waals surface area (Å²) in [6.07, 6.45) is 5.06. The Labute approximate surface area is 221 Å². The monoisotopic (exact) mass is 537 g/mol. The number of hydrogen-bond donors (Lipinski definition) is 2. The van der Waals surface area contributed by atoms with Gasteiger partial charge in [0.25, 0.3) is 5.91 Å². The van der Waals surface area contributed by atoms with Crippen molar-refractivity contribution in [3.05, 3.63) is 65.0 Å². The number of tetrazole rings is 1. The van der Waals surface area contributed by atoms with Crippen molar-refractivity contribution < 1.29 is 14.3 Å². The number of aliphatic hydroxyl groups is 1. The van der Waals surface area contributed by atoms with Crippen molar-refractivity contribution in [2.45, 2.75) is 46.4 Å². The molecule has 0 bridgehead atoms. The van der Waals surface area contributed by atoms with Crippen molar-refractivity contribution in [3.63, 3.8) is 0 Å². The highest BCUT2D eigenvalue weighted by atomic mass is 35.5. The van der Waals surface area contributed by atoms with Gasteiger partial charge in [0.2, 0.25) is 5.82 Å². The Bertz CT molecular complexity index is 1670. The first-order valence-electron chi connectivity index (χ1n) is 11.8. The number of nitrogens with one attached hydrogen (secondary N) is 1. The zero-order valence-electron chi connectivity index (χ0n) is 21.1. The highest BCUT2D eigenvalue weighted by Crippen LogP contribution is 2.31. The maximum absolute atomic E-state index is 14.6. The van der Waals surface area contributed by atoms with Crippen molar-refractivity contribution in [2.24, 2.45) is 0 Å². The summed E-state index contributed by atoms with van der Waals surface area (Å²) >= 11 is 6.25. The third-order valence-corrected chi connectivity index (χ3v) is 6.17. The lowest BCUT2D eigenvalue weighted by Gasteiger charge is -2.16. The number of carbonyl (C=O) groups is 1. The van der Waals surface area contributed by atoms with E-state index in [2.05, 4.69) is 30.9 Å². The molecule has 4 heterocycles. The van der Waals surface area contributed by atoms with E-state index in [1.807, 2.05) is 32.2 Å². The van der Waals surface area contributed by atoms with Crippen LogP contribution in [0.25, 0.3) is 28.0 Å². The molecule has 0 saturated heterocycles. The summed E-state index contributed by atoms with van der Waals surface area (Å²) < 4.78 is 17.9. The average molecular weight is 538 g/mol. The summed E-state index contributed by atoms with van der Waals surface area (Å²) in [4.78, 5) is 14.6. The van der Waals surface area contributed by atoms with Crippen LogP contribution in [-0.2, 0) is 13.1 Å². The van der Waals surface area contributed by atoms with E-state index in [4.69, 9.17) is 11.6 Å². The lowest BCUT2D eigenvalue weighted by molar-refractivity contribution is 0.0577. The van der Waals surface area contributed by atoms with Crippen LogP contribution in [0, 0.1) is 12.7 Å². The average Bonchev–Trinajstić information content (AvgIpc) is 3.57. The van der Waals surface area contributed by atoms with Gasteiger partial charge in [0.15, 0.2) is 0 Å². The summed E-state index contributed by atoms with van der Waals surface area (Å²) in [5, 5.41) is 33.6. The molecule has 1 aromatic carbocycles. The highest BCUT2D eigenvalue weighted by molar-refractivity contribution is 6.34. The Morgan fingerprint density at radius 1 is 1.21 bits per heavy atom. The van der Waals surface area contributed by atoms with Crippen LogP contribution in [0.15, 0.2) is 42.9 Å². The third kappa shape index (κ3) is 5.00. The number of aryl methyl sites for hydroxylation is 2. The zero-order chi connectivity index (χ0) is 27.2. The van der Waals surface area contributed by atoms with Crippen LogP contribution in [0.1, 0.15) is 36.8 Å². The number of anilines is 1. The van der Waals surface area contributed by atoms with Gasteiger partial charge in [-0.15, -0.1) is 10.2 Å². The molecule has 13 heteroatoms. The maximum atomic E-state index is 14.6. The van der Waals surface area contributed by atoms with Crippen LogP contribution < -0.4 is 5.32 Å². The van der Waals surface area contributed by atoms with E-state index in [0.717, 1.165) is 22.9 Å². The molecule has 5 aromatic rings.